The highest BCUT2D eigenvalue weighted by molar-refractivity contribution is 7.07. The van der Waals surface area contributed by atoms with E-state index < -0.39 is 5.92 Å². The third-order valence-electron chi connectivity index (χ3n) is 6.23. The molecule has 0 radical (unpaired) electrons. The maximum Gasteiger partial charge on any atom is 0.274 e. The van der Waals surface area contributed by atoms with Crippen LogP contribution in [0.4, 0.5) is 0 Å². The third-order valence-corrected chi connectivity index (χ3v) is 7.33. The van der Waals surface area contributed by atoms with E-state index >= 15 is 0 Å². The molecule has 0 spiro atoms. The number of allylic oxidation sites excluding steroid dienone is 1. The van der Waals surface area contributed by atoms with Gasteiger partial charge in [-0.05, 0) is 40.2 Å². The van der Waals surface area contributed by atoms with Crippen molar-refractivity contribution in [3.63, 3.8) is 0 Å². The van der Waals surface area contributed by atoms with E-state index in [1.807, 2.05) is 54.6 Å². The van der Waals surface area contributed by atoms with Crippen molar-refractivity contribution in [2.75, 3.05) is 0 Å². The first kappa shape index (κ1) is 23.3. The van der Waals surface area contributed by atoms with E-state index in [0.717, 1.165) is 11.1 Å². The standard InChI is InChI=1S/C28H26N4OS/c1-16(2)19-7-5-18(6-8-19)13-24-27(33)32-26(31)22(14-29)25(23(15-30)28(32)34-24)21-11-9-20(10-12-21)17(3)4/h5-13,16-17,25H,31H2,1-4H3/b24-13-/t25-/m0/s1. The minimum atomic E-state index is -0.604. The predicted molar refractivity (Wildman–Crippen MR) is 137 cm³/mol. The first-order valence-electron chi connectivity index (χ1n) is 11.2. The molecule has 0 aliphatic carbocycles. The molecule has 1 aliphatic rings. The van der Waals surface area contributed by atoms with Gasteiger partial charge in [0.25, 0.3) is 5.56 Å². The summed E-state index contributed by atoms with van der Waals surface area (Å²) in [5.74, 6) is 0.270. The molecule has 0 saturated carbocycles. The highest BCUT2D eigenvalue weighted by atomic mass is 32.1. The predicted octanol–water partition coefficient (Wildman–Crippen LogP) is 4.11. The van der Waals surface area contributed by atoms with Crippen LogP contribution in [-0.2, 0) is 0 Å². The van der Waals surface area contributed by atoms with E-state index in [1.54, 1.807) is 0 Å². The minimum Gasteiger partial charge on any atom is -0.384 e. The van der Waals surface area contributed by atoms with E-state index in [1.165, 1.54) is 27.0 Å². The second-order valence-corrected chi connectivity index (χ2v) is 10.1. The van der Waals surface area contributed by atoms with Gasteiger partial charge in [-0.15, -0.1) is 11.3 Å². The molecule has 2 aromatic carbocycles. The average molecular weight is 467 g/mol. The van der Waals surface area contributed by atoms with Crippen LogP contribution in [0.5, 0.6) is 0 Å². The number of hydrogen-bond donors (Lipinski definition) is 1. The van der Waals surface area contributed by atoms with E-state index in [2.05, 4.69) is 39.8 Å². The monoisotopic (exact) mass is 466 g/mol. The van der Waals surface area contributed by atoms with Gasteiger partial charge in [0.2, 0.25) is 0 Å². The van der Waals surface area contributed by atoms with Crippen molar-refractivity contribution in [3.8, 4) is 12.1 Å². The summed E-state index contributed by atoms with van der Waals surface area (Å²) in [7, 11) is 0. The van der Waals surface area contributed by atoms with Crippen molar-refractivity contribution in [1.29, 1.82) is 10.5 Å². The summed E-state index contributed by atoms with van der Waals surface area (Å²) in [6.07, 6.45) is 1.81. The van der Waals surface area contributed by atoms with Gasteiger partial charge in [-0.25, -0.2) is 0 Å². The number of hydrogen-bond acceptors (Lipinski definition) is 5. The SMILES string of the molecule is CC(C)c1ccc(/C=c2\sc3n(c2=O)C(N)=C(C#N)[C@H](c2ccc(C(C)C)cc2)C=3C#N)cc1. The molecule has 0 fully saturated rings. The van der Waals surface area contributed by atoms with Crippen LogP contribution in [0.3, 0.4) is 0 Å². The van der Waals surface area contributed by atoms with Crippen molar-refractivity contribution < 1.29 is 0 Å². The number of benzene rings is 2. The van der Waals surface area contributed by atoms with E-state index in [9.17, 15) is 15.3 Å². The Morgan fingerprint density at radius 3 is 1.94 bits per heavy atom. The first-order chi connectivity index (χ1) is 16.3. The highest BCUT2D eigenvalue weighted by Crippen LogP contribution is 2.36. The zero-order chi connectivity index (χ0) is 24.6. The summed E-state index contributed by atoms with van der Waals surface area (Å²) in [4.78, 5) is 13.3. The molecule has 0 amide bonds. The molecule has 4 rings (SSSR count). The Balaban J connectivity index is 1.94. The van der Waals surface area contributed by atoms with Crippen LogP contribution in [0.25, 0.3) is 17.5 Å². The van der Waals surface area contributed by atoms with E-state index in [4.69, 9.17) is 5.73 Å². The van der Waals surface area contributed by atoms with E-state index in [-0.39, 0.29) is 17.0 Å². The Kier molecular flexibility index (Phi) is 6.28. The molecule has 0 saturated heterocycles. The van der Waals surface area contributed by atoms with Crippen LogP contribution < -0.4 is 20.5 Å². The van der Waals surface area contributed by atoms with Gasteiger partial charge in [0.1, 0.15) is 10.5 Å². The van der Waals surface area contributed by atoms with Crippen LogP contribution in [0.2, 0.25) is 0 Å². The number of fused-ring (bicyclic) bond motifs is 1. The fourth-order valence-electron chi connectivity index (χ4n) is 4.19. The van der Waals surface area contributed by atoms with Crippen molar-refractivity contribution >= 4 is 28.8 Å². The fraction of sp³-hybridized carbons (Fsp3) is 0.250. The zero-order valence-corrected chi connectivity index (χ0v) is 20.5. The quantitative estimate of drug-likeness (QED) is 0.626. The third kappa shape index (κ3) is 3.98. The molecule has 0 bridgehead atoms. The summed E-state index contributed by atoms with van der Waals surface area (Å²) in [6, 6.07) is 20.4. The van der Waals surface area contributed by atoms with Crippen molar-refractivity contribution in [2.45, 2.75) is 45.4 Å². The summed E-state index contributed by atoms with van der Waals surface area (Å²) in [5.41, 5.74) is 10.7. The zero-order valence-electron chi connectivity index (χ0n) is 19.7. The molecule has 2 heterocycles. The first-order valence-corrected chi connectivity index (χ1v) is 12.1. The molecule has 3 aromatic rings. The molecule has 170 valence electrons. The lowest BCUT2D eigenvalue weighted by molar-refractivity contribution is 0.861. The van der Waals surface area contributed by atoms with Crippen LogP contribution in [0.1, 0.15) is 67.7 Å². The Morgan fingerprint density at radius 2 is 1.44 bits per heavy atom. The fourth-order valence-corrected chi connectivity index (χ4v) is 5.31. The molecule has 0 unspecified atom stereocenters. The maximum absolute atomic E-state index is 13.3. The number of aromatic nitrogens is 1. The Morgan fingerprint density at radius 1 is 0.912 bits per heavy atom. The topological polar surface area (TPSA) is 95.6 Å². The number of nitrogens with two attached hydrogens (primary N) is 1. The lowest BCUT2D eigenvalue weighted by Crippen LogP contribution is -2.38. The smallest absolute Gasteiger partial charge is 0.274 e. The van der Waals surface area contributed by atoms with Gasteiger partial charge in [-0.3, -0.25) is 9.36 Å². The second-order valence-electron chi connectivity index (χ2n) is 9.07. The average Bonchev–Trinajstić information content (AvgIpc) is 3.15. The molecule has 1 atom stereocenters. The summed E-state index contributed by atoms with van der Waals surface area (Å²) >= 11 is 1.23. The molecule has 2 N–H and O–H groups in total. The van der Waals surface area contributed by atoms with Gasteiger partial charge in [0.05, 0.1) is 33.7 Å². The lowest BCUT2D eigenvalue weighted by Gasteiger charge is -2.22. The Hall–Kier alpha value is -3.87. The summed E-state index contributed by atoms with van der Waals surface area (Å²) in [6.45, 7) is 8.48. The van der Waals surface area contributed by atoms with Gasteiger partial charge in [-0.2, -0.15) is 10.5 Å². The molecule has 5 nitrogen and oxygen atoms in total. The van der Waals surface area contributed by atoms with Crippen LogP contribution >= 0.6 is 11.3 Å². The summed E-state index contributed by atoms with van der Waals surface area (Å²) in [5, 5.41) is 20.1. The summed E-state index contributed by atoms with van der Waals surface area (Å²) < 4.78 is 2.26. The van der Waals surface area contributed by atoms with Gasteiger partial charge in [-0.1, -0.05) is 76.2 Å². The largest absolute Gasteiger partial charge is 0.384 e. The van der Waals surface area contributed by atoms with Crippen LogP contribution in [-0.4, -0.2) is 4.57 Å². The lowest BCUT2D eigenvalue weighted by atomic mass is 9.83. The minimum absolute atomic E-state index is 0.0884. The van der Waals surface area contributed by atoms with Gasteiger partial charge < -0.3 is 5.73 Å². The Bertz CT molecular complexity index is 1540. The van der Waals surface area contributed by atoms with Crippen LogP contribution in [0.15, 0.2) is 58.9 Å². The molecular formula is C28H26N4OS. The Labute approximate surface area is 203 Å². The van der Waals surface area contributed by atoms with Gasteiger partial charge >= 0.3 is 0 Å². The molecular weight excluding hydrogens is 440 g/mol. The van der Waals surface area contributed by atoms with Crippen molar-refractivity contribution in [3.05, 3.63) is 95.9 Å². The van der Waals surface area contributed by atoms with Gasteiger partial charge in [0.15, 0.2) is 0 Å². The molecule has 1 aliphatic heterocycles. The highest BCUT2D eigenvalue weighted by Gasteiger charge is 2.32. The molecule has 6 heteroatoms. The number of nitrogens with zero attached hydrogens (tertiary/aromatic N) is 3. The van der Waals surface area contributed by atoms with E-state index in [0.29, 0.717) is 26.6 Å². The van der Waals surface area contributed by atoms with Crippen LogP contribution in [0, 0.1) is 22.7 Å². The van der Waals surface area contributed by atoms with Gasteiger partial charge in [0, 0.05) is 0 Å². The maximum atomic E-state index is 13.3. The number of thiazole rings is 1. The normalized spacial score (nSPS) is 16.1. The number of nitriles is 2. The molecule has 1 aromatic heterocycles. The number of rotatable bonds is 4. The molecule has 34 heavy (non-hydrogen) atoms. The van der Waals surface area contributed by atoms with Crippen molar-refractivity contribution in [1.82, 2.24) is 4.57 Å². The van der Waals surface area contributed by atoms with Crippen molar-refractivity contribution in [2.24, 2.45) is 5.73 Å². The second kappa shape index (κ2) is 9.17.